The van der Waals surface area contributed by atoms with Crippen LogP contribution in [0.25, 0.3) is 6.08 Å². The van der Waals surface area contributed by atoms with Gasteiger partial charge in [0.25, 0.3) is 0 Å². The van der Waals surface area contributed by atoms with Gasteiger partial charge in [-0.2, -0.15) is 10.2 Å². The number of nitrogens with one attached hydrogen (secondary N) is 1. The summed E-state index contributed by atoms with van der Waals surface area (Å²) < 4.78 is 3.62. The Kier molecular flexibility index (Phi) is 5.30. The van der Waals surface area contributed by atoms with E-state index in [-0.39, 0.29) is 5.91 Å². The Bertz CT molecular complexity index is 896. The van der Waals surface area contributed by atoms with Gasteiger partial charge in [-0.25, -0.2) is 0 Å². The van der Waals surface area contributed by atoms with Crippen LogP contribution in [0.5, 0.6) is 0 Å². The van der Waals surface area contributed by atoms with Crippen molar-refractivity contribution in [1.82, 2.24) is 19.6 Å². The van der Waals surface area contributed by atoms with Crippen molar-refractivity contribution in [2.45, 2.75) is 20.0 Å². The molecule has 25 heavy (non-hydrogen) atoms. The van der Waals surface area contributed by atoms with Gasteiger partial charge >= 0.3 is 0 Å². The smallest absolute Gasteiger partial charge is 0.248 e. The molecule has 0 aliphatic carbocycles. The van der Waals surface area contributed by atoms with Gasteiger partial charge < -0.3 is 5.32 Å². The molecule has 128 valence electrons. The Morgan fingerprint density at radius 1 is 1.20 bits per heavy atom. The summed E-state index contributed by atoms with van der Waals surface area (Å²) in [4.78, 5) is 12.0. The highest BCUT2D eigenvalue weighted by Gasteiger charge is 2.04. The molecule has 0 unspecified atom stereocenters. The topological polar surface area (TPSA) is 64.7 Å². The predicted molar refractivity (Wildman–Crippen MR) is 98.3 cm³/mol. The van der Waals surface area contributed by atoms with Crippen LogP contribution in [0.3, 0.4) is 0 Å². The number of hydrogen-bond donors (Lipinski definition) is 1. The minimum Gasteiger partial charge on any atom is -0.320 e. The molecule has 2 aromatic heterocycles. The molecule has 7 heteroatoms. The number of aromatic nitrogens is 4. The predicted octanol–water partition coefficient (Wildman–Crippen LogP) is 3.45. The van der Waals surface area contributed by atoms with Crippen molar-refractivity contribution in [2.24, 2.45) is 0 Å². The van der Waals surface area contributed by atoms with E-state index < -0.39 is 0 Å². The minimum atomic E-state index is -0.238. The summed E-state index contributed by atoms with van der Waals surface area (Å²) in [6.07, 6.45) is 10.3. The second kappa shape index (κ2) is 7.81. The fourth-order valence-corrected chi connectivity index (χ4v) is 2.52. The first-order valence-corrected chi connectivity index (χ1v) is 8.29. The van der Waals surface area contributed by atoms with Crippen molar-refractivity contribution in [2.75, 3.05) is 5.32 Å². The van der Waals surface area contributed by atoms with E-state index >= 15 is 0 Å². The monoisotopic (exact) mass is 355 g/mol. The second-order valence-corrected chi connectivity index (χ2v) is 5.88. The Labute approximate surface area is 150 Å². The number of hydrogen-bond acceptors (Lipinski definition) is 3. The third-order valence-corrected chi connectivity index (χ3v) is 3.92. The molecular formula is C18H18ClN5O. The Morgan fingerprint density at radius 2 is 2.00 bits per heavy atom. The zero-order valence-corrected chi connectivity index (χ0v) is 14.5. The molecule has 3 rings (SSSR count). The van der Waals surface area contributed by atoms with Crippen molar-refractivity contribution in [3.05, 3.63) is 71.3 Å². The lowest BCUT2D eigenvalue weighted by Crippen LogP contribution is -2.07. The maximum Gasteiger partial charge on any atom is 0.248 e. The van der Waals surface area contributed by atoms with E-state index in [2.05, 4.69) is 15.5 Å². The number of benzene rings is 1. The molecule has 0 radical (unpaired) electrons. The van der Waals surface area contributed by atoms with Crippen molar-refractivity contribution < 1.29 is 4.79 Å². The third kappa shape index (κ3) is 4.58. The van der Waals surface area contributed by atoms with Crippen LogP contribution in [0.1, 0.15) is 18.1 Å². The van der Waals surface area contributed by atoms with E-state index in [4.69, 9.17) is 11.6 Å². The van der Waals surface area contributed by atoms with Gasteiger partial charge in [-0.1, -0.05) is 29.8 Å². The average molecular weight is 356 g/mol. The molecule has 0 saturated carbocycles. The number of aryl methyl sites for hydroxylation is 1. The molecule has 6 nitrogen and oxygen atoms in total. The van der Waals surface area contributed by atoms with E-state index in [9.17, 15) is 4.79 Å². The standard InChI is InChI=1S/C18H18ClN5O/c1-2-23-11-14(9-20-23)12-24-13-16(10-21-24)22-18(25)8-7-15-5-3-4-6-17(15)19/h3-11,13H,2,12H2,1H3,(H,22,25)/b8-7+. The highest BCUT2D eigenvalue weighted by atomic mass is 35.5. The van der Waals surface area contributed by atoms with Gasteiger partial charge in [-0.3, -0.25) is 14.2 Å². The van der Waals surface area contributed by atoms with Gasteiger partial charge in [-0.05, 0) is 24.6 Å². The van der Waals surface area contributed by atoms with Crippen molar-refractivity contribution in [3.63, 3.8) is 0 Å². The van der Waals surface area contributed by atoms with Crippen molar-refractivity contribution in [3.8, 4) is 0 Å². The molecule has 0 aliphatic heterocycles. The third-order valence-electron chi connectivity index (χ3n) is 3.58. The summed E-state index contributed by atoms with van der Waals surface area (Å²) in [5.74, 6) is -0.238. The number of rotatable bonds is 6. The average Bonchev–Trinajstić information content (AvgIpc) is 3.24. The number of anilines is 1. The molecule has 0 spiro atoms. The van der Waals surface area contributed by atoms with E-state index in [0.717, 1.165) is 17.7 Å². The van der Waals surface area contributed by atoms with Crippen molar-refractivity contribution >= 4 is 29.3 Å². The highest BCUT2D eigenvalue weighted by Crippen LogP contribution is 2.16. The van der Waals surface area contributed by atoms with Gasteiger partial charge in [-0.15, -0.1) is 0 Å². The molecule has 0 atom stereocenters. The summed E-state index contributed by atoms with van der Waals surface area (Å²) in [6, 6.07) is 7.34. The van der Waals surface area contributed by atoms with Crippen LogP contribution < -0.4 is 5.32 Å². The second-order valence-electron chi connectivity index (χ2n) is 5.47. The van der Waals surface area contributed by atoms with Crippen LogP contribution in [0, 0.1) is 0 Å². The van der Waals surface area contributed by atoms with Crippen LogP contribution in [0.2, 0.25) is 5.02 Å². The van der Waals surface area contributed by atoms with E-state index in [1.54, 1.807) is 29.2 Å². The lowest BCUT2D eigenvalue weighted by atomic mass is 10.2. The minimum absolute atomic E-state index is 0.238. The van der Waals surface area contributed by atoms with Gasteiger partial charge in [0.15, 0.2) is 0 Å². The fourth-order valence-electron chi connectivity index (χ4n) is 2.32. The van der Waals surface area contributed by atoms with Crippen LogP contribution in [-0.4, -0.2) is 25.5 Å². The normalized spacial score (nSPS) is 11.1. The number of amides is 1. The van der Waals surface area contributed by atoms with Crippen LogP contribution in [-0.2, 0) is 17.9 Å². The molecule has 2 heterocycles. The largest absolute Gasteiger partial charge is 0.320 e. The van der Waals surface area contributed by atoms with E-state index in [1.165, 1.54) is 6.08 Å². The first kappa shape index (κ1) is 17.0. The van der Waals surface area contributed by atoms with Gasteiger partial charge in [0.05, 0.1) is 24.6 Å². The quantitative estimate of drug-likeness (QED) is 0.689. The summed E-state index contributed by atoms with van der Waals surface area (Å²) in [6.45, 7) is 3.47. The number of halogens is 1. The first-order valence-electron chi connectivity index (χ1n) is 7.91. The summed E-state index contributed by atoms with van der Waals surface area (Å²) in [5, 5.41) is 11.9. The molecule has 0 fully saturated rings. The zero-order chi connectivity index (χ0) is 17.6. The molecule has 0 aliphatic rings. The van der Waals surface area contributed by atoms with Gasteiger partial charge in [0.1, 0.15) is 0 Å². The zero-order valence-electron chi connectivity index (χ0n) is 13.8. The molecule has 3 aromatic rings. The lowest BCUT2D eigenvalue weighted by Gasteiger charge is -1.99. The molecule has 0 saturated heterocycles. The van der Waals surface area contributed by atoms with Crippen LogP contribution in [0.15, 0.2) is 55.1 Å². The molecule has 1 aromatic carbocycles. The maximum absolute atomic E-state index is 12.0. The summed E-state index contributed by atoms with van der Waals surface area (Å²) in [5.41, 5.74) is 2.49. The van der Waals surface area contributed by atoms with Gasteiger partial charge in [0.2, 0.25) is 5.91 Å². The number of carbonyl (C=O) groups excluding carboxylic acids is 1. The SMILES string of the molecule is CCn1cc(Cn2cc(NC(=O)/C=C/c3ccccc3Cl)cn2)cn1. The maximum atomic E-state index is 12.0. The Morgan fingerprint density at radius 3 is 2.76 bits per heavy atom. The Balaban J connectivity index is 1.59. The molecule has 1 N–H and O–H groups in total. The number of carbonyl (C=O) groups is 1. The summed E-state index contributed by atoms with van der Waals surface area (Å²) in [7, 11) is 0. The molecule has 1 amide bonds. The fraction of sp³-hybridized carbons (Fsp3) is 0.167. The van der Waals surface area contributed by atoms with Crippen molar-refractivity contribution in [1.29, 1.82) is 0 Å². The number of nitrogens with zero attached hydrogens (tertiary/aromatic N) is 4. The first-order chi connectivity index (χ1) is 12.1. The van der Waals surface area contributed by atoms with E-state index in [0.29, 0.717) is 17.3 Å². The highest BCUT2D eigenvalue weighted by molar-refractivity contribution is 6.32. The van der Waals surface area contributed by atoms with Crippen LogP contribution in [0.4, 0.5) is 5.69 Å². The summed E-state index contributed by atoms with van der Waals surface area (Å²) >= 11 is 6.06. The molecule has 0 bridgehead atoms. The lowest BCUT2D eigenvalue weighted by molar-refractivity contribution is -0.111. The van der Waals surface area contributed by atoms with Gasteiger partial charge in [0, 0.05) is 35.6 Å². The Hall–Kier alpha value is -2.86. The van der Waals surface area contributed by atoms with Crippen LogP contribution >= 0.6 is 11.6 Å². The van der Waals surface area contributed by atoms with E-state index in [1.807, 2.05) is 42.2 Å². The molecular weight excluding hydrogens is 338 g/mol.